The Bertz CT molecular complexity index is 638. The molecule has 1 aliphatic heterocycles. The average Bonchev–Trinajstić information content (AvgIpc) is 3.31. The van der Waals surface area contributed by atoms with Gasteiger partial charge in [-0.3, -0.25) is 14.7 Å². The number of likely N-dealkylation sites (tertiary alicyclic amines) is 1. The maximum atomic E-state index is 12.8. The lowest BCUT2D eigenvalue weighted by Gasteiger charge is -2.30. The van der Waals surface area contributed by atoms with Crippen LogP contribution in [0.1, 0.15) is 63.5 Å². The van der Waals surface area contributed by atoms with E-state index in [9.17, 15) is 9.59 Å². The summed E-state index contributed by atoms with van der Waals surface area (Å²) in [6, 6.07) is 1.83. The molecule has 2 saturated carbocycles. The molecule has 2 heterocycles. The zero-order chi connectivity index (χ0) is 18.0. The van der Waals surface area contributed by atoms with Crippen molar-refractivity contribution in [1.82, 2.24) is 20.4 Å². The smallest absolute Gasteiger partial charge is 0.226 e. The summed E-state index contributed by atoms with van der Waals surface area (Å²) in [7, 11) is 0. The molecular formula is C20H30N4O2. The number of carbonyl (C=O) groups excluding carboxylic acids is 2. The van der Waals surface area contributed by atoms with Crippen LogP contribution in [-0.2, 0) is 16.0 Å². The van der Waals surface area contributed by atoms with Gasteiger partial charge in [0, 0.05) is 37.3 Å². The van der Waals surface area contributed by atoms with Crippen molar-refractivity contribution in [2.24, 2.45) is 11.8 Å². The zero-order valence-electron chi connectivity index (χ0n) is 15.5. The number of hydrogen-bond donors (Lipinski definition) is 2. The molecule has 2 amide bonds. The number of carbonyl (C=O) groups is 2. The van der Waals surface area contributed by atoms with Gasteiger partial charge in [-0.05, 0) is 37.7 Å². The van der Waals surface area contributed by atoms with Crippen LogP contribution in [-0.4, -0.2) is 45.5 Å². The molecule has 1 saturated heterocycles. The molecule has 3 aliphatic rings. The molecule has 1 aromatic heterocycles. The third-order valence-electron chi connectivity index (χ3n) is 6.71. The fraction of sp³-hybridized carbons (Fsp3) is 0.750. The van der Waals surface area contributed by atoms with Crippen LogP contribution in [0, 0.1) is 11.8 Å². The minimum atomic E-state index is -0.209. The second-order valence-electron chi connectivity index (χ2n) is 8.53. The lowest BCUT2D eigenvalue weighted by atomic mass is 9.86. The van der Waals surface area contributed by atoms with Crippen molar-refractivity contribution in [3.8, 4) is 0 Å². The molecule has 1 aromatic rings. The van der Waals surface area contributed by atoms with E-state index in [4.69, 9.17) is 0 Å². The lowest BCUT2D eigenvalue weighted by Crippen LogP contribution is -2.52. The van der Waals surface area contributed by atoms with E-state index in [1.165, 1.54) is 32.1 Å². The number of rotatable bonds is 5. The Kier molecular flexibility index (Phi) is 5.00. The van der Waals surface area contributed by atoms with Gasteiger partial charge in [-0.1, -0.05) is 25.7 Å². The van der Waals surface area contributed by atoms with Gasteiger partial charge in [-0.2, -0.15) is 5.10 Å². The highest BCUT2D eigenvalue weighted by atomic mass is 16.2. The van der Waals surface area contributed by atoms with E-state index >= 15 is 0 Å². The molecule has 2 atom stereocenters. The number of hydrogen-bond acceptors (Lipinski definition) is 3. The van der Waals surface area contributed by atoms with Gasteiger partial charge in [0.1, 0.15) is 0 Å². The highest BCUT2D eigenvalue weighted by Gasteiger charge is 2.51. The number of nitrogens with zero attached hydrogens (tertiary/aromatic N) is 2. The monoisotopic (exact) mass is 358 g/mol. The number of fused-ring (bicyclic) bond motifs is 1. The van der Waals surface area contributed by atoms with Gasteiger partial charge in [-0.25, -0.2) is 0 Å². The minimum absolute atomic E-state index is 0.0303. The third kappa shape index (κ3) is 3.64. The van der Waals surface area contributed by atoms with Crippen LogP contribution in [0.3, 0.4) is 0 Å². The standard InChI is InChI=1S/C20H30N4O2/c25-18(12-17-8-10-21-23-17)22-20-9-4-7-16(20)13-24(14-20)19(26)11-15-5-2-1-3-6-15/h8,10,15-16H,1-7,9,11-14H2,(H,21,23)(H,22,25)/t16-,20-/m0/s1. The summed E-state index contributed by atoms with van der Waals surface area (Å²) >= 11 is 0. The summed E-state index contributed by atoms with van der Waals surface area (Å²) in [4.78, 5) is 27.4. The van der Waals surface area contributed by atoms with Crippen LogP contribution >= 0.6 is 0 Å². The van der Waals surface area contributed by atoms with Crippen LogP contribution < -0.4 is 5.32 Å². The molecular weight excluding hydrogens is 328 g/mol. The first kappa shape index (κ1) is 17.6. The Morgan fingerprint density at radius 1 is 1.23 bits per heavy atom. The van der Waals surface area contributed by atoms with Gasteiger partial charge >= 0.3 is 0 Å². The predicted octanol–water partition coefficient (Wildman–Crippen LogP) is 2.42. The second-order valence-corrected chi connectivity index (χ2v) is 8.53. The van der Waals surface area contributed by atoms with E-state index in [-0.39, 0.29) is 11.4 Å². The van der Waals surface area contributed by atoms with Gasteiger partial charge in [-0.15, -0.1) is 0 Å². The van der Waals surface area contributed by atoms with Crippen molar-refractivity contribution in [2.75, 3.05) is 13.1 Å². The van der Waals surface area contributed by atoms with Crippen LogP contribution in [0.4, 0.5) is 0 Å². The Labute approximate surface area is 155 Å². The van der Waals surface area contributed by atoms with E-state index in [0.717, 1.165) is 31.5 Å². The quantitative estimate of drug-likeness (QED) is 0.848. The fourth-order valence-corrected chi connectivity index (χ4v) is 5.33. The number of amides is 2. The van der Waals surface area contributed by atoms with Crippen LogP contribution in [0.15, 0.2) is 12.3 Å². The van der Waals surface area contributed by atoms with Crippen molar-refractivity contribution in [3.05, 3.63) is 18.0 Å². The molecule has 0 bridgehead atoms. The van der Waals surface area contributed by atoms with Gasteiger partial charge in [0.15, 0.2) is 0 Å². The van der Waals surface area contributed by atoms with Crippen molar-refractivity contribution >= 4 is 11.8 Å². The van der Waals surface area contributed by atoms with E-state index in [0.29, 0.717) is 37.1 Å². The maximum absolute atomic E-state index is 12.8. The molecule has 0 spiro atoms. The molecule has 6 nitrogen and oxygen atoms in total. The van der Waals surface area contributed by atoms with Gasteiger partial charge < -0.3 is 10.2 Å². The molecule has 2 N–H and O–H groups in total. The molecule has 2 aliphatic carbocycles. The first-order chi connectivity index (χ1) is 12.6. The highest BCUT2D eigenvalue weighted by molar-refractivity contribution is 5.80. The minimum Gasteiger partial charge on any atom is -0.348 e. The normalized spacial score (nSPS) is 28.9. The first-order valence-electron chi connectivity index (χ1n) is 10.2. The van der Waals surface area contributed by atoms with Crippen LogP contribution in [0.5, 0.6) is 0 Å². The Balaban J connectivity index is 1.36. The summed E-state index contributed by atoms with van der Waals surface area (Å²) in [6.07, 6.45) is 12.2. The molecule has 0 radical (unpaired) electrons. The Morgan fingerprint density at radius 3 is 2.85 bits per heavy atom. The van der Waals surface area contributed by atoms with Gasteiger partial charge in [0.25, 0.3) is 0 Å². The summed E-state index contributed by atoms with van der Waals surface area (Å²) < 4.78 is 0. The summed E-state index contributed by atoms with van der Waals surface area (Å²) in [5.41, 5.74) is 0.621. The summed E-state index contributed by atoms with van der Waals surface area (Å²) in [5.74, 6) is 1.31. The topological polar surface area (TPSA) is 78.1 Å². The van der Waals surface area contributed by atoms with E-state index < -0.39 is 0 Å². The SMILES string of the molecule is O=C(Cc1ccn[nH]1)N[C@]12CCC[C@H]1CN(C(=O)CC1CCCCC1)C2. The highest BCUT2D eigenvalue weighted by Crippen LogP contribution is 2.42. The molecule has 26 heavy (non-hydrogen) atoms. The Hall–Kier alpha value is -1.85. The first-order valence-corrected chi connectivity index (χ1v) is 10.2. The van der Waals surface area contributed by atoms with Crippen molar-refractivity contribution < 1.29 is 9.59 Å². The number of H-pyrrole nitrogens is 1. The number of aromatic amines is 1. The predicted molar refractivity (Wildman–Crippen MR) is 98.3 cm³/mol. The number of nitrogens with one attached hydrogen (secondary N) is 2. The lowest BCUT2D eigenvalue weighted by molar-refractivity contribution is -0.132. The fourth-order valence-electron chi connectivity index (χ4n) is 5.33. The third-order valence-corrected chi connectivity index (χ3v) is 6.71. The van der Waals surface area contributed by atoms with Crippen molar-refractivity contribution in [3.63, 3.8) is 0 Å². The summed E-state index contributed by atoms with van der Waals surface area (Å²) in [6.45, 7) is 1.51. The van der Waals surface area contributed by atoms with E-state index in [1.807, 2.05) is 11.0 Å². The molecule has 0 unspecified atom stereocenters. The average molecular weight is 358 g/mol. The largest absolute Gasteiger partial charge is 0.348 e. The second kappa shape index (κ2) is 7.41. The van der Waals surface area contributed by atoms with Gasteiger partial charge in [0.05, 0.1) is 12.0 Å². The summed E-state index contributed by atoms with van der Waals surface area (Å²) in [5, 5.41) is 10.1. The van der Waals surface area contributed by atoms with Crippen LogP contribution in [0.25, 0.3) is 0 Å². The zero-order valence-corrected chi connectivity index (χ0v) is 15.5. The number of aromatic nitrogens is 2. The Morgan fingerprint density at radius 2 is 2.08 bits per heavy atom. The van der Waals surface area contributed by atoms with Crippen molar-refractivity contribution in [1.29, 1.82) is 0 Å². The van der Waals surface area contributed by atoms with Crippen LogP contribution in [0.2, 0.25) is 0 Å². The van der Waals surface area contributed by atoms with Crippen molar-refractivity contribution in [2.45, 2.75) is 69.7 Å². The molecule has 142 valence electrons. The van der Waals surface area contributed by atoms with Gasteiger partial charge in [0.2, 0.25) is 11.8 Å². The molecule has 3 fully saturated rings. The maximum Gasteiger partial charge on any atom is 0.226 e. The molecule has 0 aromatic carbocycles. The van der Waals surface area contributed by atoms with E-state index in [1.54, 1.807) is 6.20 Å². The molecule has 6 heteroatoms. The van der Waals surface area contributed by atoms with E-state index in [2.05, 4.69) is 15.5 Å². The molecule has 4 rings (SSSR count).